The molecular weight excluding hydrogens is 269 g/mol. The topological polar surface area (TPSA) is 60.7 Å². The number of imidazole rings is 1. The van der Waals surface area contributed by atoms with Crippen LogP contribution in [0.25, 0.3) is 11.0 Å². The highest BCUT2D eigenvalue weighted by Gasteiger charge is 2.06. The van der Waals surface area contributed by atoms with E-state index in [0.717, 1.165) is 28.7 Å². The maximum Gasteiger partial charge on any atom is 0.323 e. The third-order valence-corrected chi connectivity index (χ3v) is 3.36. The number of aromatic amines is 2. The number of halogens is 1. The molecule has 1 aromatic heterocycles. The molecule has 2 aromatic carbocycles. The van der Waals surface area contributed by atoms with Crippen LogP contribution in [0.3, 0.4) is 0 Å². The van der Waals surface area contributed by atoms with Crippen LogP contribution in [0.5, 0.6) is 0 Å². The van der Waals surface area contributed by atoms with Gasteiger partial charge in [-0.3, -0.25) is 0 Å². The maximum atomic E-state index is 13.2. The van der Waals surface area contributed by atoms with Crippen LogP contribution in [0, 0.1) is 5.82 Å². The maximum absolute atomic E-state index is 13.2. The van der Waals surface area contributed by atoms with Crippen LogP contribution >= 0.6 is 0 Å². The molecular formula is C16H16FN3O. The summed E-state index contributed by atoms with van der Waals surface area (Å²) in [6.07, 6.45) is 0.722. The first-order valence-electron chi connectivity index (χ1n) is 6.83. The van der Waals surface area contributed by atoms with E-state index < -0.39 is 0 Å². The number of fused-ring (bicyclic) bond motifs is 1. The molecule has 0 fully saturated rings. The van der Waals surface area contributed by atoms with Gasteiger partial charge < -0.3 is 15.3 Å². The third-order valence-electron chi connectivity index (χ3n) is 3.36. The highest BCUT2D eigenvalue weighted by molar-refractivity contribution is 5.78. The van der Waals surface area contributed by atoms with Gasteiger partial charge in [-0.1, -0.05) is 12.1 Å². The number of rotatable bonds is 4. The summed E-state index contributed by atoms with van der Waals surface area (Å²) >= 11 is 0. The highest BCUT2D eigenvalue weighted by atomic mass is 19.1. The van der Waals surface area contributed by atoms with E-state index in [0.29, 0.717) is 0 Å². The Labute approximate surface area is 121 Å². The van der Waals surface area contributed by atoms with Gasteiger partial charge in [0, 0.05) is 11.7 Å². The van der Waals surface area contributed by atoms with Gasteiger partial charge in [0.15, 0.2) is 0 Å². The van der Waals surface area contributed by atoms with Crippen LogP contribution in [0.1, 0.15) is 12.5 Å². The van der Waals surface area contributed by atoms with Crippen molar-refractivity contribution in [1.29, 1.82) is 0 Å². The molecule has 3 N–H and O–H groups in total. The summed E-state index contributed by atoms with van der Waals surface area (Å²) in [6, 6.07) is 12.4. The number of hydrogen-bond acceptors (Lipinski definition) is 2. The number of H-pyrrole nitrogens is 2. The first-order chi connectivity index (χ1) is 10.1. The molecule has 0 saturated carbocycles. The lowest BCUT2D eigenvalue weighted by Crippen LogP contribution is -2.18. The van der Waals surface area contributed by atoms with Crippen LogP contribution in [0.15, 0.2) is 47.3 Å². The summed E-state index contributed by atoms with van der Waals surface area (Å²) in [5.41, 5.74) is 3.20. The number of nitrogens with one attached hydrogen (secondary N) is 3. The summed E-state index contributed by atoms with van der Waals surface area (Å²) in [5.74, 6) is -0.217. The van der Waals surface area contributed by atoms with E-state index in [1.807, 2.05) is 31.2 Å². The smallest absolute Gasteiger partial charge is 0.323 e. The number of aromatic nitrogens is 2. The largest absolute Gasteiger partial charge is 0.382 e. The van der Waals surface area contributed by atoms with Crippen LogP contribution in [0.2, 0.25) is 0 Å². The first-order valence-corrected chi connectivity index (χ1v) is 6.83. The molecule has 0 bridgehead atoms. The molecule has 4 nitrogen and oxygen atoms in total. The Morgan fingerprint density at radius 1 is 1.14 bits per heavy atom. The molecule has 0 spiro atoms. The Kier molecular flexibility index (Phi) is 3.48. The van der Waals surface area contributed by atoms with E-state index in [-0.39, 0.29) is 17.5 Å². The lowest BCUT2D eigenvalue weighted by Gasteiger charge is -2.15. The third kappa shape index (κ3) is 3.13. The SMILES string of the molecule is CC(Cc1cccc(F)c1)Nc1ccc2[nH]c(=O)[nH]c2c1. The minimum atomic E-state index is -0.217. The molecule has 0 aliphatic rings. The number of benzene rings is 2. The average molecular weight is 285 g/mol. The monoisotopic (exact) mass is 285 g/mol. The van der Waals surface area contributed by atoms with Gasteiger partial charge in [-0.15, -0.1) is 0 Å². The minimum absolute atomic E-state index is 0.148. The molecule has 0 aliphatic carbocycles. The fourth-order valence-electron chi connectivity index (χ4n) is 2.48. The standard InChI is InChI=1S/C16H16FN3O/c1-10(7-11-3-2-4-12(17)8-11)18-13-5-6-14-15(9-13)20-16(21)19-14/h2-6,8-10,18H,7H2,1H3,(H2,19,20,21). The highest BCUT2D eigenvalue weighted by Crippen LogP contribution is 2.16. The summed E-state index contributed by atoms with van der Waals surface area (Å²) in [4.78, 5) is 16.7. The number of hydrogen-bond donors (Lipinski definition) is 3. The van der Waals surface area contributed by atoms with Gasteiger partial charge in [-0.2, -0.15) is 0 Å². The van der Waals surface area contributed by atoms with Gasteiger partial charge in [0.1, 0.15) is 5.82 Å². The van der Waals surface area contributed by atoms with Gasteiger partial charge >= 0.3 is 5.69 Å². The lowest BCUT2D eigenvalue weighted by molar-refractivity contribution is 0.624. The van der Waals surface area contributed by atoms with Gasteiger partial charge in [-0.05, 0) is 49.2 Å². The predicted molar refractivity (Wildman–Crippen MR) is 82.1 cm³/mol. The van der Waals surface area contributed by atoms with Crippen LogP contribution < -0.4 is 11.0 Å². The summed E-state index contributed by atoms with van der Waals surface area (Å²) < 4.78 is 13.2. The van der Waals surface area contributed by atoms with Crippen molar-refractivity contribution in [2.75, 3.05) is 5.32 Å². The van der Waals surface area contributed by atoms with Crippen molar-refractivity contribution in [2.24, 2.45) is 0 Å². The summed E-state index contributed by atoms with van der Waals surface area (Å²) in [5, 5.41) is 3.35. The molecule has 1 unspecified atom stereocenters. The van der Waals surface area contributed by atoms with E-state index in [9.17, 15) is 9.18 Å². The van der Waals surface area contributed by atoms with Crippen molar-refractivity contribution in [3.05, 3.63) is 64.3 Å². The molecule has 21 heavy (non-hydrogen) atoms. The second-order valence-corrected chi connectivity index (χ2v) is 5.22. The van der Waals surface area contributed by atoms with Crippen LogP contribution in [-0.4, -0.2) is 16.0 Å². The fraction of sp³-hybridized carbons (Fsp3) is 0.188. The van der Waals surface area contributed by atoms with Crippen molar-refractivity contribution in [3.63, 3.8) is 0 Å². The first kappa shape index (κ1) is 13.4. The Bertz CT molecular complexity index is 822. The molecule has 0 saturated heterocycles. The average Bonchev–Trinajstić information content (AvgIpc) is 2.78. The van der Waals surface area contributed by atoms with Gasteiger partial charge in [0.25, 0.3) is 0 Å². The van der Waals surface area contributed by atoms with Gasteiger partial charge in [-0.25, -0.2) is 9.18 Å². The van der Waals surface area contributed by atoms with Crippen molar-refractivity contribution in [1.82, 2.24) is 9.97 Å². The van der Waals surface area contributed by atoms with Gasteiger partial charge in [0.2, 0.25) is 0 Å². The molecule has 1 heterocycles. The van der Waals surface area contributed by atoms with Crippen molar-refractivity contribution in [2.45, 2.75) is 19.4 Å². The molecule has 1 atom stereocenters. The van der Waals surface area contributed by atoms with E-state index in [1.165, 1.54) is 6.07 Å². The van der Waals surface area contributed by atoms with Crippen molar-refractivity contribution >= 4 is 16.7 Å². The molecule has 108 valence electrons. The fourth-order valence-corrected chi connectivity index (χ4v) is 2.48. The van der Waals surface area contributed by atoms with Gasteiger partial charge in [0.05, 0.1) is 11.0 Å². The molecule has 3 aromatic rings. The summed E-state index contributed by atoms with van der Waals surface area (Å²) in [7, 11) is 0. The normalized spacial score (nSPS) is 12.5. The second kappa shape index (κ2) is 5.44. The Balaban J connectivity index is 1.73. The van der Waals surface area contributed by atoms with Crippen LogP contribution in [-0.2, 0) is 6.42 Å². The molecule has 5 heteroatoms. The van der Waals surface area contributed by atoms with E-state index in [2.05, 4.69) is 15.3 Å². The van der Waals surface area contributed by atoms with Crippen molar-refractivity contribution < 1.29 is 4.39 Å². The lowest BCUT2D eigenvalue weighted by atomic mass is 10.1. The molecule has 0 aliphatic heterocycles. The predicted octanol–water partition coefficient (Wildman–Crippen LogP) is 3.04. The number of anilines is 1. The Morgan fingerprint density at radius 2 is 1.95 bits per heavy atom. The molecule has 0 radical (unpaired) electrons. The molecule has 3 rings (SSSR count). The zero-order valence-corrected chi connectivity index (χ0v) is 11.6. The van der Waals surface area contributed by atoms with E-state index in [4.69, 9.17) is 0 Å². The van der Waals surface area contributed by atoms with E-state index >= 15 is 0 Å². The zero-order valence-electron chi connectivity index (χ0n) is 11.6. The second-order valence-electron chi connectivity index (χ2n) is 5.22. The Hall–Kier alpha value is -2.56. The summed E-state index contributed by atoms with van der Waals surface area (Å²) in [6.45, 7) is 2.04. The Morgan fingerprint density at radius 3 is 2.76 bits per heavy atom. The van der Waals surface area contributed by atoms with Crippen LogP contribution in [0.4, 0.5) is 10.1 Å². The molecule has 0 amide bonds. The zero-order chi connectivity index (χ0) is 14.8. The van der Waals surface area contributed by atoms with E-state index in [1.54, 1.807) is 12.1 Å². The van der Waals surface area contributed by atoms with Crippen molar-refractivity contribution in [3.8, 4) is 0 Å². The minimum Gasteiger partial charge on any atom is -0.382 e. The quantitative estimate of drug-likeness (QED) is 0.690.